The van der Waals surface area contributed by atoms with E-state index < -0.39 is 0 Å². The molecule has 1 unspecified atom stereocenters. The molecule has 0 aromatic heterocycles. The third-order valence-corrected chi connectivity index (χ3v) is 13.1. The van der Waals surface area contributed by atoms with E-state index in [0.29, 0.717) is 33.0 Å². The van der Waals surface area contributed by atoms with Crippen LogP contribution in [0.25, 0.3) is 0 Å². The topological polar surface area (TPSA) is 20.2 Å². The van der Waals surface area contributed by atoms with Crippen LogP contribution in [0.5, 0.6) is 0 Å². The van der Waals surface area contributed by atoms with Crippen molar-refractivity contribution in [1.29, 1.82) is 0 Å². The van der Waals surface area contributed by atoms with Gasteiger partial charge in [-0.2, -0.15) is 0 Å². The molecule has 0 radical (unpaired) electrons. The number of rotatable bonds is 0. The molecule has 4 saturated carbocycles. The maximum Gasteiger partial charge on any atom is 0.0628 e. The monoisotopic (exact) mass is 426 g/mol. The van der Waals surface area contributed by atoms with Crippen molar-refractivity contribution in [2.75, 3.05) is 0 Å². The molecule has 1 heteroatoms. The van der Waals surface area contributed by atoms with Crippen LogP contribution in [-0.4, -0.2) is 11.2 Å². The average Bonchev–Trinajstić information content (AvgIpc) is 2.68. The Morgan fingerprint density at radius 2 is 1.35 bits per heavy atom. The highest BCUT2D eigenvalue weighted by molar-refractivity contribution is 5.30. The van der Waals surface area contributed by atoms with E-state index in [4.69, 9.17) is 0 Å². The number of hydrogen-bond acceptors (Lipinski definition) is 1. The minimum Gasteiger partial charge on any atom is -0.392 e. The summed E-state index contributed by atoms with van der Waals surface area (Å²) in [4.78, 5) is 0. The molecule has 1 nitrogen and oxygen atoms in total. The van der Waals surface area contributed by atoms with Crippen molar-refractivity contribution in [2.24, 2.45) is 50.2 Å². The fourth-order valence-corrected chi connectivity index (χ4v) is 10.4. The van der Waals surface area contributed by atoms with Gasteiger partial charge in [-0.15, -0.1) is 0 Å². The molecular weight excluding hydrogens is 376 g/mol. The molecule has 0 amide bonds. The third kappa shape index (κ3) is 2.77. The zero-order chi connectivity index (χ0) is 22.7. The first kappa shape index (κ1) is 22.5. The lowest BCUT2D eigenvalue weighted by Crippen LogP contribution is -2.65. The standard InChI is InChI=1S/C30H50O/c1-25(2)13-14-27(5)15-17-29(7)22-11-9-20-21(10-12-24(31)26(20,3)4)28(22,6)16-18-30(29,8)23(27)19-25/h9,21-24,31H,10-19H2,1-8H3/t21-,22+,23-,24+,27-,28+,29?,30+/m1/s1. The Kier molecular flexibility index (Phi) is 4.66. The summed E-state index contributed by atoms with van der Waals surface area (Å²) >= 11 is 0. The lowest BCUT2D eigenvalue weighted by Gasteiger charge is -2.73. The lowest BCUT2D eigenvalue weighted by molar-refractivity contribution is -0.230. The van der Waals surface area contributed by atoms with E-state index in [1.54, 1.807) is 5.57 Å². The van der Waals surface area contributed by atoms with Gasteiger partial charge in [0.1, 0.15) is 0 Å². The Morgan fingerprint density at radius 1 is 0.742 bits per heavy atom. The van der Waals surface area contributed by atoms with Crippen LogP contribution in [0.1, 0.15) is 120 Å². The molecule has 0 heterocycles. The van der Waals surface area contributed by atoms with E-state index in [1.807, 2.05) is 0 Å². The number of hydrogen-bond donors (Lipinski definition) is 1. The molecule has 176 valence electrons. The Hall–Kier alpha value is -0.300. The fourth-order valence-electron chi connectivity index (χ4n) is 10.4. The van der Waals surface area contributed by atoms with Crippen molar-refractivity contribution < 1.29 is 5.11 Å². The average molecular weight is 427 g/mol. The molecule has 31 heavy (non-hydrogen) atoms. The molecular formula is C30H50O. The summed E-state index contributed by atoms with van der Waals surface area (Å²) in [6.45, 7) is 20.5. The summed E-state index contributed by atoms with van der Waals surface area (Å²) in [6, 6.07) is 0. The molecule has 0 aromatic carbocycles. The van der Waals surface area contributed by atoms with Gasteiger partial charge < -0.3 is 5.11 Å². The zero-order valence-corrected chi connectivity index (χ0v) is 21.9. The summed E-state index contributed by atoms with van der Waals surface area (Å²) in [5.41, 5.74) is 3.96. The van der Waals surface area contributed by atoms with Crippen LogP contribution in [-0.2, 0) is 0 Å². The molecule has 5 aliphatic rings. The molecule has 5 rings (SSSR count). The Balaban J connectivity index is 1.57. The van der Waals surface area contributed by atoms with Gasteiger partial charge in [-0.3, -0.25) is 0 Å². The maximum atomic E-state index is 10.8. The predicted octanol–water partition coefficient (Wildman–Crippen LogP) is 8.17. The molecule has 8 atom stereocenters. The van der Waals surface area contributed by atoms with Crippen LogP contribution in [0.15, 0.2) is 11.6 Å². The number of allylic oxidation sites excluding steroid dienone is 1. The van der Waals surface area contributed by atoms with E-state index in [2.05, 4.69) is 61.5 Å². The third-order valence-electron chi connectivity index (χ3n) is 13.1. The van der Waals surface area contributed by atoms with Crippen LogP contribution in [0.4, 0.5) is 0 Å². The van der Waals surface area contributed by atoms with Gasteiger partial charge in [0.25, 0.3) is 0 Å². The van der Waals surface area contributed by atoms with E-state index >= 15 is 0 Å². The second kappa shape index (κ2) is 6.43. The second-order valence-corrected chi connectivity index (χ2v) is 15.2. The first-order valence-corrected chi connectivity index (χ1v) is 13.6. The Bertz CT molecular complexity index is 790. The van der Waals surface area contributed by atoms with Gasteiger partial charge in [0, 0.05) is 5.41 Å². The van der Waals surface area contributed by atoms with Gasteiger partial charge in [-0.1, -0.05) is 67.0 Å². The van der Waals surface area contributed by atoms with Gasteiger partial charge >= 0.3 is 0 Å². The van der Waals surface area contributed by atoms with Crippen molar-refractivity contribution >= 4 is 0 Å². The van der Waals surface area contributed by atoms with Crippen LogP contribution >= 0.6 is 0 Å². The molecule has 0 spiro atoms. The predicted molar refractivity (Wildman–Crippen MR) is 131 cm³/mol. The van der Waals surface area contributed by atoms with E-state index in [0.717, 1.165) is 18.3 Å². The van der Waals surface area contributed by atoms with Crippen LogP contribution in [0, 0.1) is 50.2 Å². The first-order chi connectivity index (χ1) is 14.2. The number of aliphatic hydroxyl groups excluding tert-OH is 1. The maximum absolute atomic E-state index is 10.8. The van der Waals surface area contributed by atoms with Crippen molar-refractivity contribution in [3.05, 3.63) is 11.6 Å². The highest BCUT2D eigenvalue weighted by Gasteiger charge is 2.69. The Labute approximate surface area is 192 Å². The SMILES string of the molecule is CC1(C)CC[C@]2(C)CCC3(C)[C@H]4CC=C5[C@@H](CC[C@H](O)C5(C)C)[C@]4(C)CC[C@@]3(C)[C@@H]2C1. The molecule has 0 aliphatic heterocycles. The van der Waals surface area contributed by atoms with Gasteiger partial charge in [0.05, 0.1) is 6.10 Å². The normalized spacial score (nSPS) is 55.2. The summed E-state index contributed by atoms with van der Waals surface area (Å²) in [5.74, 6) is 2.36. The highest BCUT2D eigenvalue weighted by Crippen LogP contribution is 2.77. The molecule has 0 bridgehead atoms. The molecule has 4 fully saturated rings. The first-order valence-electron chi connectivity index (χ1n) is 13.6. The van der Waals surface area contributed by atoms with Gasteiger partial charge in [-0.05, 0) is 109 Å². The molecule has 0 saturated heterocycles. The van der Waals surface area contributed by atoms with Crippen molar-refractivity contribution in [1.82, 2.24) is 0 Å². The smallest absolute Gasteiger partial charge is 0.0628 e. The number of aliphatic hydroxyl groups is 1. The van der Waals surface area contributed by atoms with Crippen LogP contribution < -0.4 is 0 Å². The quantitative estimate of drug-likeness (QED) is 0.387. The van der Waals surface area contributed by atoms with Crippen molar-refractivity contribution in [2.45, 2.75) is 126 Å². The van der Waals surface area contributed by atoms with Crippen LogP contribution in [0.3, 0.4) is 0 Å². The minimum absolute atomic E-state index is 0.0446. The fraction of sp³-hybridized carbons (Fsp3) is 0.933. The van der Waals surface area contributed by atoms with Crippen molar-refractivity contribution in [3.8, 4) is 0 Å². The Morgan fingerprint density at radius 3 is 2.06 bits per heavy atom. The van der Waals surface area contributed by atoms with E-state index in [9.17, 15) is 5.11 Å². The summed E-state index contributed by atoms with van der Waals surface area (Å²) < 4.78 is 0. The lowest BCUT2D eigenvalue weighted by atomic mass is 9.31. The minimum atomic E-state index is -0.167. The van der Waals surface area contributed by atoms with Crippen LogP contribution in [0.2, 0.25) is 0 Å². The van der Waals surface area contributed by atoms with Gasteiger partial charge in [0.15, 0.2) is 0 Å². The molecule has 1 N–H and O–H groups in total. The number of fused-ring (bicyclic) bond motifs is 7. The summed E-state index contributed by atoms with van der Waals surface area (Å²) in [6.07, 6.45) is 15.9. The van der Waals surface area contributed by atoms with Gasteiger partial charge in [0.2, 0.25) is 0 Å². The van der Waals surface area contributed by atoms with E-state index in [-0.39, 0.29) is 11.5 Å². The molecule has 0 aromatic rings. The second-order valence-electron chi connectivity index (χ2n) is 15.2. The summed E-state index contributed by atoms with van der Waals surface area (Å²) in [5, 5.41) is 10.8. The van der Waals surface area contributed by atoms with E-state index in [1.165, 1.54) is 57.8 Å². The highest BCUT2D eigenvalue weighted by atomic mass is 16.3. The van der Waals surface area contributed by atoms with Crippen molar-refractivity contribution in [3.63, 3.8) is 0 Å². The largest absolute Gasteiger partial charge is 0.392 e. The zero-order valence-electron chi connectivity index (χ0n) is 21.9. The summed E-state index contributed by atoms with van der Waals surface area (Å²) in [7, 11) is 0. The molecule has 5 aliphatic carbocycles. The van der Waals surface area contributed by atoms with Gasteiger partial charge in [-0.25, -0.2) is 0 Å².